The van der Waals surface area contributed by atoms with E-state index in [0.717, 1.165) is 23.1 Å². The lowest BCUT2D eigenvalue weighted by atomic mass is 10.0. The van der Waals surface area contributed by atoms with E-state index in [4.69, 9.17) is 0 Å². The van der Waals surface area contributed by atoms with Crippen LogP contribution in [0.1, 0.15) is 57.9 Å². The maximum atomic E-state index is 12.0. The summed E-state index contributed by atoms with van der Waals surface area (Å²) in [7, 11) is 0. The molecule has 0 radical (unpaired) electrons. The zero-order valence-corrected chi connectivity index (χ0v) is 16.2. The summed E-state index contributed by atoms with van der Waals surface area (Å²) in [6, 6.07) is 8.01. The molecule has 2 N–H and O–H groups in total. The average molecular weight is 363 g/mol. The normalized spacial score (nSPS) is 16.2. The van der Waals surface area contributed by atoms with E-state index < -0.39 is 0 Å². The molecule has 1 saturated carbocycles. The van der Waals surface area contributed by atoms with Crippen LogP contribution in [0.5, 0.6) is 0 Å². The molecular weight excluding hydrogens is 332 g/mol. The van der Waals surface area contributed by atoms with E-state index in [2.05, 4.69) is 16.7 Å². The monoisotopic (exact) mass is 362 g/mol. The van der Waals surface area contributed by atoms with E-state index in [1.807, 2.05) is 43.8 Å². The van der Waals surface area contributed by atoms with E-state index in [1.54, 1.807) is 0 Å². The van der Waals surface area contributed by atoms with Gasteiger partial charge in [-0.05, 0) is 37.0 Å². The van der Waals surface area contributed by atoms with Gasteiger partial charge in [0, 0.05) is 22.6 Å². The molecule has 2 amide bonds. The second kappa shape index (κ2) is 10.5. The van der Waals surface area contributed by atoms with Crippen molar-refractivity contribution < 1.29 is 9.59 Å². The third-order valence-corrected chi connectivity index (χ3v) is 6.17. The Hall–Kier alpha value is -1.49. The van der Waals surface area contributed by atoms with Crippen molar-refractivity contribution in [2.75, 3.05) is 11.9 Å². The van der Waals surface area contributed by atoms with Crippen molar-refractivity contribution >= 4 is 29.3 Å². The van der Waals surface area contributed by atoms with Crippen LogP contribution in [0.4, 0.5) is 5.69 Å². The molecule has 1 fully saturated rings. The van der Waals surface area contributed by atoms with Crippen LogP contribution in [0, 0.1) is 5.92 Å². The number of anilines is 1. The molecule has 1 unspecified atom stereocenters. The highest BCUT2D eigenvalue weighted by atomic mass is 32.2. The number of thioether (sulfide) groups is 1. The van der Waals surface area contributed by atoms with Crippen molar-refractivity contribution in [3.63, 3.8) is 0 Å². The topological polar surface area (TPSA) is 58.2 Å². The molecule has 138 valence electrons. The van der Waals surface area contributed by atoms with Crippen LogP contribution in [0.2, 0.25) is 0 Å². The number of hydrogen-bond donors (Lipinski definition) is 2. The summed E-state index contributed by atoms with van der Waals surface area (Å²) >= 11 is 2.03. The average Bonchev–Trinajstić information content (AvgIpc) is 2.65. The Labute approximate surface area is 155 Å². The van der Waals surface area contributed by atoms with Crippen LogP contribution in [0.25, 0.3) is 0 Å². The highest BCUT2D eigenvalue weighted by Crippen LogP contribution is 2.30. The Kier molecular flexibility index (Phi) is 8.32. The molecule has 1 atom stereocenters. The third kappa shape index (κ3) is 7.10. The minimum absolute atomic E-state index is 0.0181. The van der Waals surface area contributed by atoms with Gasteiger partial charge in [-0.15, -0.1) is 0 Å². The molecule has 0 heterocycles. The van der Waals surface area contributed by atoms with Gasteiger partial charge in [0.05, 0.1) is 6.54 Å². The molecule has 1 aliphatic rings. The fourth-order valence-electron chi connectivity index (χ4n) is 2.92. The molecule has 1 aliphatic carbocycles. The van der Waals surface area contributed by atoms with Crippen molar-refractivity contribution in [2.45, 2.75) is 63.4 Å². The number of hydrogen-bond acceptors (Lipinski definition) is 3. The highest BCUT2D eigenvalue weighted by molar-refractivity contribution is 7.99. The smallest absolute Gasteiger partial charge is 0.243 e. The number of carbonyl (C=O) groups excluding carboxylic acids is 2. The Morgan fingerprint density at radius 1 is 1.24 bits per heavy atom. The van der Waals surface area contributed by atoms with Crippen LogP contribution >= 0.6 is 11.8 Å². The number of amides is 2. The molecule has 0 spiro atoms. The first-order valence-electron chi connectivity index (χ1n) is 9.36. The molecule has 4 nitrogen and oxygen atoms in total. The second-order valence-electron chi connectivity index (χ2n) is 6.85. The molecular formula is C20H30N2O2S. The van der Waals surface area contributed by atoms with Crippen molar-refractivity contribution in [3.05, 3.63) is 29.8 Å². The summed E-state index contributed by atoms with van der Waals surface area (Å²) in [5, 5.41) is 6.33. The lowest BCUT2D eigenvalue weighted by molar-refractivity contribution is -0.126. The Balaban J connectivity index is 1.77. The maximum Gasteiger partial charge on any atom is 0.243 e. The quantitative estimate of drug-likeness (QED) is 0.723. The second-order valence-corrected chi connectivity index (χ2v) is 8.14. The van der Waals surface area contributed by atoms with Gasteiger partial charge < -0.3 is 10.6 Å². The van der Waals surface area contributed by atoms with E-state index in [0.29, 0.717) is 0 Å². The molecule has 0 saturated heterocycles. The first kappa shape index (κ1) is 19.8. The summed E-state index contributed by atoms with van der Waals surface area (Å²) in [5.74, 6) is 0.663. The van der Waals surface area contributed by atoms with Crippen LogP contribution in [0.15, 0.2) is 24.3 Å². The Morgan fingerprint density at radius 3 is 2.72 bits per heavy atom. The lowest BCUT2D eigenvalue weighted by Crippen LogP contribution is -2.35. The fourth-order valence-corrected chi connectivity index (χ4v) is 4.19. The Morgan fingerprint density at radius 2 is 2.00 bits per heavy atom. The van der Waals surface area contributed by atoms with Gasteiger partial charge in [0.25, 0.3) is 0 Å². The van der Waals surface area contributed by atoms with Crippen molar-refractivity contribution in [3.8, 4) is 0 Å². The number of carbonyl (C=O) groups is 2. The SMILES string of the molecule is CCC(C)C(=O)NCC(=O)Nc1cccc(CSC2CCCCC2)c1. The highest BCUT2D eigenvalue weighted by Gasteiger charge is 2.14. The summed E-state index contributed by atoms with van der Waals surface area (Å²) in [6.45, 7) is 3.84. The van der Waals surface area contributed by atoms with E-state index in [1.165, 1.54) is 37.7 Å². The standard InChI is InChI=1S/C20H30N2O2S/c1-3-15(2)20(24)21-13-19(23)22-17-9-7-8-16(12-17)14-25-18-10-5-4-6-11-18/h7-9,12,15,18H,3-6,10-11,13-14H2,1-2H3,(H,21,24)(H,22,23). The van der Waals surface area contributed by atoms with Gasteiger partial charge in [0.15, 0.2) is 0 Å². The maximum absolute atomic E-state index is 12.0. The molecule has 2 rings (SSSR count). The molecule has 1 aromatic carbocycles. The summed E-state index contributed by atoms with van der Waals surface area (Å²) in [6.07, 6.45) is 7.53. The minimum atomic E-state index is -0.186. The third-order valence-electron chi connectivity index (χ3n) is 4.73. The van der Waals surface area contributed by atoms with E-state index in [9.17, 15) is 9.59 Å². The first-order chi connectivity index (χ1) is 12.1. The van der Waals surface area contributed by atoms with Gasteiger partial charge in [0.2, 0.25) is 11.8 Å². The van der Waals surface area contributed by atoms with Gasteiger partial charge in [0.1, 0.15) is 0 Å². The number of benzene rings is 1. The Bertz CT molecular complexity index is 571. The van der Waals surface area contributed by atoms with Crippen LogP contribution < -0.4 is 10.6 Å². The molecule has 0 bridgehead atoms. The number of rotatable bonds is 8. The summed E-state index contributed by atoms with van der Waals surface area (Å²) in [5.41, 5.74) is 2.03. The molecule has 0 aliphatic heterocycles. The van der Waals surface area contributed by atoms with Gasteiger partial charge in [-0.3, -0.25) is 9.59 Å². The van der Waals surface area contributed by atoms with E-state index >= 15 is 0 Å². The number of nitrogens with one attached hydrogen (secondary N) is 2. The van der Waals surface area contributed by atoms with Crippen molar-refractivity contribution in [1.29, 1.82) is 0 Å². The predicted molar refractivity (Wildman–Crippen MR) is 106 cm³/mol. The van der Waals surface area contributed by atoms with Crippen LogP contribution in [0.3, 0.4) is 0 Å². The zero-order chi connectivity index (χ0) is 18.1. The fraction of sp³-hybridized carbons (Fsp3) is 0.600. The molecule has 0 aromatic heterocycles. The molecule has 1 aromatic rings. The summed E-state index contributed by atoms with van der Waals surface area (Å²) in [4.78, 5) is 23.7. The van der Waals surface area contributed by atoms with Crippen molar-refractivity contribution in [1.82, 2.24) is 5.32 Å². The van der Waals surface area contributed by atoms with Gasteiger partial charge in [-0.25, -0.2) is 0 Å². The van der Waals surface area contributed by atoms with Crippen molar-refractivity contribution in [2.24, 2.45) is 5.92 Å². The van der Waals surface area contributed by atoms with Gasteiger partial charge in [-0.1, -0.05) is 45.2 Å². The lowest BCUT2D eigenvalue weighted by Gasteiger charge is -2.21. The first-order valence-corrected chi connectivity index (χ1v) is 10.4. The van der Waals surface area contributed by atoms with Crippen LogP contribution in [-0.2, 0) is 15.3 Å². The molecule has 25 heavy (non-hydrogen) atoms. The zero-order valence-electron chi connectivity index (χ0n) is 15.3. The summed E-state index contributed by atoms with van der Waals surface area (Å²) < 4.78 is 0. The van der Waals surface area contributed by atoms with Gasteiger partial charge in [-0.2, -0.15) is 11.8 Å². The minimum Gasteiger partial charge on any atom is -0.347 e. The molecule has 5 heteroatoms. The van der Waals surface area contributed by atoms with Gasteiger partial charge >= 0.3 is 0 Å². The predicted octanol–water partition coefficient (Wildman–Crippen LogP) is 4.35. The van der Waals surface area contributed by atoms with Crippen LogP contribution in [-0.4, -0.2) is 23.6 Å². The largest absolute Gasteiger partial charge is 0.347 e. The van der Waals surface area contributed by atoms with E-state index in [-0.39, 0.29) is 24.3 Å².